The van der Waals surface area contributed by atoms with E-state index in [0.717, 1.165) is 35.1 Å². The van der Waals surface area contributed by atoms with Crippen LogP contribution in [0.5, 0.6) is 11.5 Å². The Balaban J connectivity index is 1.18. The van der Waals surface area contributed by atoms with Crippen molar-refractivity contribution in [1.82, 2.24) is 19.9 Å². The molecule has 0 radical (unpaired) electrons. The Morgan fingerprint density at radius 2 is 1.97 bits per heavy atom. The number of anilines is 2. The summed E-state index contributed by atoms with van der Waals surface area (Å²) in [6.07, 6.45) is 6.01. The Bertz CT molecular complexity index is 1490. The van der Waals surface area contributed by atoms with Gasteiger partial charge in [-0.2, -0.15) is 0 Å². The fourth-order valence-electron chi connectivity index (χ4n) is 4.82. The molecule has 1 aliphatic heterocycles. The van der Waals surface area contributed by atoms with Crippen LogP contribution in [-0.2, 0) is 11.4 Å². The van der Waals surface area contributed by atoms with E-state index in [0.29, 0.717) is 54.9 Å². The molecular formula is C29H28ClN5O4. The quantitative estimate of drug-likeness (QED) is 0.306. The highest BCUT2D eigenvalue weighted by Crippen LogP contribution is 2.39. The molecule has 6 rings (SSSR count). The summed E-state index contributed by atoms with van der Waals surface area (Å²) >= 11 is 6.52. The summed E-state index contributed by atoms with van der Waals surface area (Å²) in [5, 5.41) is 14.8. The van der Waals surface area contributed by atoms with Gasteiger partial charge in [-0.1, -0.05) is 23.7 Å². The zero-order chi connectivity index (χ0) is 26.8. The molecule has 2 aromatic heterocycles. The molecule has 1 atom stereocenters. The number of halogens is 1. The summed E-state index contributed by atoms with van der Waals surface area (Å²) in [5.41, 5.74) is 1.08. The third-order valence-electron chi connectivity index (χ3n) is 7.11. The number of nitrogens with one attached hydrogen (secondary N) is 1. The maximum atomic E-state index is 12.8. The minimum absolute atomic E-state index is 0.0872. The van der Waals surface area contributed by atoms with Crippen LogP contribution in [0.4, 0.5) is 11.5 Å². The Kier molecular flexibility index (Phi) is 6.93. The van der Waals surface area contributed by atoms with Crippen molar-refractivity contribution < 1.29 is 19.4 Å². The molecule has 2 aromatic carbocycles. The average molecular weight is 546 g/mol. The second-order valence-corrected chi connectivity index (χ2v) is 10.3. The van der Waals surface area contributed by atoms with E-state index in [1.54, 1.807) is 23.2 Å². The van der Waals surface area contributed by atoms with Gasteiger partial charge in [0.05, 0.1) is 27.7 Å². The van der Waals surface area contributed by atoms with Crippen LogP contribution in [0.15, 0.2) is 67.1 Å². The van der Waals surface area contributed by atoms with Gasteiger partial charge >= 0.3 is 0 Å². The van der Waals surface area contributed by atoms with Crippen molar-refractivity contribution in [1.29, 1.82) is 0 Å². The number of rotatable bonds is 9. The molecular weight excluding hydrogens is 518 g/mol. The molecule has 3 heterocycles. The van der Waals surface area contributed by atoms with Crippen LogP contribution in [-0.4, -0.2) is 55.7 Å². The van der Waals surface area contributed by atoms with Crippen LogP contribution in [0.3, 0.4) is 0 Å². The number of fused-ring (bicyclic) bond motifs is 1. The third-order valence-corrected chi connectivity index (χ3v) is 7.41. The van der Waals surface area contributed by atoms with Gasteiger partial charge in [0.1, 0.15) is 42.5 Å². The number of nitrogens with zero attached hydrogens (tertiary/aromatic N) is 4. The average Bonchev–Trinajstić information content (AvgIpc) is 3.54. The Hall–Kier alpha value is -3.95. The molecule has 0 spiro atoms. The number of aromatic nitrogens is 3. The lowest BCUT2D eigenvalue weighted by Gasteiger charge is -2.27. The summed E-state index contributed by atoms with van der Waals surface area (Å²) in [6, 6.07) is 16.6. The van der Waals surface area contributed by atoms with Crippen molar-refractivity contribution in [3.8, 4) is 11.5 Å². The molecule has 200 valence electrons. The van der Waals surface area contributed by atoms with Gasteiger partial charge in [-0.3, -0.25) is 9.78 Å². The highest BCUT2D eigenvalue weighted by Gasteiger charge is 2.52. The molecule has 1 saturated carbocycles. The summed E-state index contributed by atoms with van der Waals surface area (Å²) in [4.78, 5) is 27.7. The largest absolute Gasteiger partial charge is 0.491 e. The van der Waals surface area contributed by atoms with Crippen molar-refractivity contribution in [3.63, 3.8) is 0 Å². The van der Waals surface area contributed by atoms with Gasteiger partial charge in [-0.25, -0.2) is 9.97 Å². The normalized spacial score (nSPS) is 17.7. The Morgan fingerprint density at radius 3 is 2.77 bits per heavy atom. The second kappa shape index (κ2) is 10.7. The first-order valence-electron chi connectivity index (χ1n) is 13.0. The monoisotopic (exact) mass is 545 g/mol. The molecule has 0 bridgehead atoms. The van der Waals surface area contributed by atoms with Crippen molar-refractivity contribution in [2.45, 2.75) is 43.9 Å². The molecule has 2 fully saturated rings. The molecule has 1 saturated heterocycles. The summed E-state index contributed by atoms with van der Waals surface area (Å²) in [5.74, 6) is 1.56. The van der Waals surface area contributed by atoms with Gasteiger partial charge in [0.15, 0.2) is 0 Å². The first kappa shape index (κ1) is 25.3. The molecule has 39 heavy (non-hydrogen) atoms. The topological polar surface area (TPSA) is 110 Å². The lowest BCUT2D eigenvalue weighted by atomic mass is 10.2. The number of aliphatic hydroxyl groups is 1. The summed E-state index contributed by atoms with van der Waals surface area (Å²) < 4.78 is 12.1. The van der Waals surface area contributed by atoms with Crippen molar-refractivity contribution >= 4 is 39.9 Å². The van der Waals surface area contributed by atoms with Crippen molar-refractivity contribution in [2.75, 3.05) is 18.5 Å². The van der Waals surface area contributed by atoms with E-state index in [1.807, 2.05) is 42.5 Å². The van der Waals surface area contributed by atoms with Crippen molar-refractivity contribution in [3.05, 3.63) is 77.8 Å². The third kappa shape index (κ3) is 5.46. The van der Waals surface area contributed by atoms with E-state index < -0.39 is 5.60 Å². The lowest BCUT2D eigenvalue weighted by Crippen LogP contribution is -2.45. The molecule has 4 aromatic rings. The predicted molar refractivity (Wildman–Crippen MR) is 147 cm³/mol. The van der Waals surface area contributed by atoms with Crippen molar-refractivity contribution in [2.24, 2.45) is 0 Å². The smallest absolute Gasteiger partial charge is 0.254 e. The van der Waals surface area contributed by atoms with Crippen LogP contribution in [0.1, 0.15) is 31.4 Å². The zero-order valence-electron chi connectivity index (χ0n) is 21.2. The minimum atomic E-state index is -1.17. The SMILES string of the molecule is O=C(N1CCC[C@@H]1COc1cccc2ncnc(Nc3ccc(OCc4ccccn4)c(Cl)c3)c12)C1(O)CC1. The molecule has 1 amide bonds. The highest BCUT2D eigenvalue weighted by molar-refractivity contribution is 6.32. The van der Waals surface area contributed by atoms with Gasteiger partial charge in [0, 0.05) is 18.4 Å². The van der Waals surface area contributed by atoms with Gasteiger partial charge < -0.3 is 24.8 Å². The number of likely N-dealkylation sites (tertiary alicyclic amines) is 1. The van der Waals surface area contributed by atoms with E-state index in [9.17, 15) is 9.90 Å². The van der Waals surface area contributed by atoms with Crippen LogP contribution >= 0.6 is 11.6 Å². The number of pyridine rings is 1. The van der Waals surface area contributed by atoms with E-state index in [4.69, 9.17) is 21.1 Å². The zero-order valence-corrected chi connectivity index (χ0v) is 22.0. The predicted octanol–water partition coefficient (Wildman–Crippen LogP) is 4.90. The Labute approximate surface area is 230 Å². The van der Waals surface area contributed by atoms with Gasteiger partial charge in [0.2, 0.25) is 0 Å². The fourth-order valence-corrected chi connectivity index (χ4v) is 5.06. The maximum Gasteiger partial charge on any atom is 0.254 e. The second-order valence-electron chi connectivity index (χ2n) is 9.89. The molecule has 2 N–H and O–H groups in total. The van der Waals surface area contributed by atoms with Gasteiger partial charge in [-0.05, 0) is 68.1 Å². The van der Waals surface area contributed by atoms with E-state index >= 15 is 0 Å². The minimum Gasteiger partial charge on any atom is -0.491 e. The first-order valence-corrected chi connectivity index (χ1v) is 13.4. The highest BCUT2D eigenvalue weighted by atomic mass is 35.5. The van der Waals surface area contributed by atoms with Crippen LogP contribution in [0.25, 0.3) is 10.9 Å². The van der Waals surface area contributed by atoms with E-state index in [1.165, 1.54) is 6.33 Å². The van der Waals surface area contributed by atoms with Crippen LogP contribution < -0.4 is 14.8 Å². The molecule has 0 unspecified atom stereocenters. The van der Waals surface area contributed by atoms with Crippen LogP contribution in [0, 0.1) is 0 Å². The number of hydrogen-bond acceptors (Lipinski definition) is 8. The first-order chi connectivity index (χ1) is 19.0. The van der Waals surface area contributed by atoms with E-state index in [2.05, 4.69) is 20.3 Å². The number of amides is 1. The number of hydrogen-bond donors (Lipinski definition) is 2. The molecule has 1 aliphatic carbocycles. The van der Waals surface area contributed by atoms with E-state index in [-0.39, 0.29) is 11.9 Å². The molecule has 2 aliphatic rings. The molecule has 9 nitrogen and oxygen atoms in total. The summed E-state index contributed by atoms with van der Waals surface area (Å²) in [6.45, 7) is 1.28. The number of ether oxygens (including phenoxy) is 2. The Morgan fingerprint density at radius 1 is 1.08 bits per heavy atom. The van der Waals surface area contributed by atoms with Crippen LogP contribution in [0.2, 0.25) is 5.02 Å². The number of benzene rings is 2. The summed E-state index contributed by atoms with van der Waals surface area (Å²) in [7, 11) is 0. The van der Waals surface area contributed by atoms with Gasteiger partial charge in [0.25, 0.3) is 5.91 Å². The lowest BCUT2D eigenvalue weighted by molar-refractivity contribution is -0.143. The fraction of sp³-hybridized carbons (Fsp3) is 0.310. The molecule has 10 heteroatoms. The number of carbonyl (C=O) groups is 1. The number of carbonyl (C=O) groups excluding carboxylic acids is 1. The maximum absolute atomic E-state index is 12.8. The standard InChI is InChI=1S/C29H28ClN5O4/c30-22-15-19(9-10-24(22)38-16-20-5-1-2-13-31-20)34-27-26-23(32-18-33-27)7-3-8-25(26)39-17-21-6-4-14-35(21)28(36)29(37)11-12-29/h1-3,5,7-10,13,15,18,21,37H,4,6,11-12,14,16-17H2,(H,32,33,34)/t21-/m1/s1. The van der Waals surface area contributed by atoms with Gasteiger partial charge in [-0.15, -0.1) is 0 Å².